The number of nitrogens with two attached hydrogens (primary N) is 1. The molecular formula is C53H49ClF6N4O11S2. The molecule has 0 bridgehead atoms. The van der Waals surface area contributed by atoms with Crippen LogP contribution in [0.3, 0.4) is 0 Å². The molecule has 2 amide bonds. The maximum absolute atomic E-state index is 14.1. The summed E-state index contributed by atoms with van der Waals surface area (Å²) in [5, 5.41) is 14.5. The quantitative estimate of drug-likeness (QED) is 0.0427. The third-order valence-electron chi connectivity index (χ3n) is 12.9. The molecule has 15 nitrogen and oxygen atoms in total. The topological polar surface area (TPSA) is 212 Å². The van der Waals surface area contributed by atoms with Gasteiger partial charge in [-0.2, -0.15) is 16.8 Å². The number of amides is 2. The number of benzene rings is 6. The van der Waals surface area contributed by atoms with E-state index in [1.807, 2.05) is 13.8 Å². The number of cyclic esters (lactones) is 2. The van der Waals surface area contributed by atoms with Gasteiger partial charge in [0.15, 0.2) is 0 Å². The summed E-state index contributed by atoms with van der Waals surface area (Å²) in [6.07, 6.45) is 0.507. The minimum atomic E-state index is -4.20. The first-order valence-corrected chi connectivity index (χ1v) is 27.0. The Labute approximate surface area is 444 Å². The first-order chi connectivity index (χ1) is 36.4. The van der Waals surface area contributed by atoms with Crippen molar-refractivity contribution in [3.63, 3.8) is 0 Å². The summed E-state index contributed by atoms with van der Waals surface area (Å²) in [5.41, 5.74) is 2.18. The molecule has 2 aliphatic heterocycles. The maximum atomic E-state index is 14.1. The predicted molar refractivity (Wildman–Crippen MR) is 270 cm³/mol. The summed E-state index contributed by atoms with van der Waals surface area (Å²) < 4.78 is 142. The monoisotopic (exact) mass is 1130 g/mol. The highest BCUT2D eigenvalue weighted by atomic mass is 35.7. The summed E-state index contributed by atoms with van der Waals surface area (Å²) in [6, 6.07) is 31.2. The third kappa shape index (κ3) is 15.5. The molecular weight excluding hydrogens is 1080 g/mol. The van der Waals surface area contributed by atoms with Crippen LogP contribution in [0.25, 0.3) is 22.3 Å². The molecule has 2 aliphatic rings. The van der Waals surface area contributed by atoms with Crippen molar-refractivity contribution in [2.24, 2.45) is 9.54 Å². The van der Waals surface area contributed by atoms with Crippen molar-refractivity contribution in [3.05, 3.63) is 191 Å². The summed E-state index contributed by atoms with van der Waals surface area (Å²) in [7, 11) is -3.82. The van der Waals surface area contributed by atoms with E-state index >= 15 is 0 Å². The Morgan fingerprint density at radius 1 is 0.636 bits per heavy atom. The molecule has 6 aromatic carbocycles. The van der Waals surface area contributed by atoms with Crippen molar-refractivity contribution in [1.29, 1.82) is 0 Å². The smallest absolute Gasteiger partial charge is 0.411 e. The Kier molecular flexibility index (Phi) is 19.5. The molecule has 77 heavy (non-hydrogen) atoms. The third-order valence-corrected chi connectivity index (χ3v) is 13.9. The first-order valence-electron chi connectivity index (χ1n) is 23.3. The lowest BCUT2D eigenvalue weighted by atomic mass is 9.85. The molecule has 4 atom stereocenters. The van der Waals surface area contributed by atoms with E-state index in [2.05, 4.69) is 19.3 Å². The van der Waals surface area contributed by atoms with Crippen molar-refractivity contribution in [3.8, 4) is 22.3 Å². The summed E-state index contributed by atoms with van der Waals surface area (Å²) in [4.78, 5) is 38.3. The highest BCUT2D eigenvalue weighted by molar-refractivity contribution is 8.12. The van der Waals surface area contributed by atoms with Crippen LogP contribution in [-0.4, -0.2) is 76.3 Å². The van der Waals surface area contributed by atoms with Crippen LogP contribution in [0.1, 0.15) is 73.9 Å². The van der Waals surface area contributed by atoms with Crippen LogP contribution in [0.2, 0.25) is 0 Å². The van der Waals surface area contributed by atoms with Crippen LogP contribution in [0.4, 0.5) is 35.9 Å². The summed E-state index contributed by atoms with van der Waals surface area (Å²) in [5.74, 6) is -3.48. The highest BCUT2D eigenvalue weighted by Gasteiger charge is 2.45. The molecule has 0 unspecified atom stereocenters. The number of carbonyl (C=O) groups is 2. The minimum Gasteiger partial charge on any atom is -0.438 e. The van der Waals surface area contributed by atoms with E-state index in [4.69, 9.17) is 19.4 Å². The van der Waals surface area contributed by atoms with E-state index in [-0.39, 0.29) is 56.4 Å². The van der Waals surface area contributed by atoms with Gasteiger partial charge in [-0.05, 0) is 95.8 Å². The molecule has 0 aromatic heterocycles. The molecule has 0 saturated carbocycles. The Bertz CT molecular complexity index is 3330. The minimum absolute atomic E-state index is 0.0129. The second-order valence-electron chi connectivity index (χ2n) is 17.6. The zero-order chi connectivity index (χ0) is 56.3. The van der Waals surface area contributed by atoms with Crippen LogP contribution in [-0.2, 0) is 49.2 Å². The Morgan fingerprint density at radius 3 is 1.32 bits per heavy atom. The molecule has 3 N–H and O–H groups in total. The second-order valence-corrected chi connectivity index (χ2v) is 21.0. The average molecular weight is 1130 g/mol. The number of aliphatic hydroxyl groups excluding tert-OH is 1. The van der Waals surface area contributed by atoms with Gasteiger partial charge in [0.05, 0.1) is 18.7 Å². The number of isocyanates is 1. The molecule has 24 heteroatoms. The molecule has 8 rings (SSSR count). The van der Waals surface area contributed by atoms with E-state index in [1.54, 1.807) is 65.6 Å². The second kappa shape index (κ2) is 25.4. The first kappa shape index (κ1) is 59.1. The fourth-order valence-corrected chi connectivity index (χ4v) is 9.32. The average Bonchev–Trinajstić information content (AvgIpc) is 3.36. The number of hydrogen-bond donors (Lipinski definition) is 2. The lowest BCUT2D eigenvalue weighted by Gasteiger charge is -2.43. The van der Waals surface area contributed by atoms with Crippen molar-refractivity contribution in [1.82, 2.24) is 9.80 Å². The number of hydrogen-bond acceptors (Lipinski definition) is 11. The number of rotatable bonds is 15. The Morgan fingerprint density at radius 2 is 1.01 bits per heavy atom. The van der Waals surface area contributed by atoms with Gasteiger partial charge in [0.1, 0.15) is 46.1 Å². The predicted octanol–water partition coefficient (Wildman–Crippen LogP) is 10.9. The molecule has 0 radical (unpaired) electrons. The van der Waals surface area contributed by atoms with E-state index in [1.165, 1.54) is 65.6 Å². The van der Waals surface area contributed by atoms with Gasteiger partial charge in [-0.1, -0.05) is 77.2 Å². The molecule has 6 aromatic rings. The number of aliphatic hydroxyl groups is 1. The number of nitrogens with zero attached hydrogens (tertiary/aromatic N) is 3. The van der Waals surface area contributed by atoms with Gasteiger partial charge < -0.3 is 24.4 Å². The van der Waals surface area contributed by atoms with Crippen LogP contribution >= 0.6 is 10.7 Å². The van der Waals surface area contributed by atoms with Gasteiger partial charge in [0, 0.05) is 79.3 Å². The van der Waals surface area contributed by atoms with Crippen molar-refractivity contribution in [2.45, 2.75) is 62.8 Å². The van der Waals surface area contributed by atoms with Crippen LogP contribution in [0, 0.1) is 34.9 Å². The number of halogens is 7. The normalized spacial score (nSPS) is 18.3. The highest BCUT2D eigenvalue weighted by Crippen LogP contribution is 2.42. The van der Waals surface area contributed by atoms with E-state index in [0.717, 1.165) is 29.3 Å². The summed E-state index contributed by atoms with van der Waals surface area (Å²) in [6.45, 7) is 3.80. The van der Waals surface area contributed by atoms with Crippen LogP contribution < -0.4 is 5.14 Å². The lowest BCUT2D eigenvalue weighted by Crippen LogP contribution is -2.49. The number of ether oxygens (including phenoxy) is 2. The number of carbonyl (C=O) groups excluding carboxylic acids is 3. The van der Waals surface area contributed by atoms with E-state index < -0.39 is 78.1 Å². The van der Waals surface area contributed by atoms with Crippen molar-refractivity contribution in [2.75, 3.05) is 26.3 Å². The van der Waals surface area contributed by atoms with E-state index in [9.17, 15) is 57.9 Å². The standard InChI is InChI=1S/C26H25F3N2O5S.C26H24F3NO3.CClNO3S/c1-17(18-2-4-19(5-3-18)23-11-10-22(28)16-24(23)29)31-14-12-26(36-25(31)32,13-15-35-37(30,33)34)20-6-8-21(27)9-7-20;1-17(18-2-4-19(5-3-18)23-11-10-22(28)16-24(23)29)30-14-12-26(13-15-31,33-25(30)32)20-6-8-21(27)9-7-20;2-7(5,6)3-1-4/h2-11,16-17H,12-15H2,1H3,(H2,30,33,34);2-11,16-17,31H,12-15H2,1H3;/t2*17-,26-;/m00./s1. The fraction of sp³-hybridized carbons (Fsp3) is 0.264. The fourth-order valence-electron chi connectivity index (χ4n) is 8.83. The molecule has 0 spiro atoms. The SMILES string of the molecule is C[C@@H](c1ccc(-c2ccc(F)cc2F)cc1)N1CC[C@](CCO)(c2ccc(F)cc2)OC1=O.C[C@@H](c1ccc(-c2ccc(F)cc2F)cc1)N1CC[C@](CCOS(N)(=O)=O)(c2ccc(F)cc2)OC1=O.O=C=NS(=O)(=O)Cl. The van der Waals surface area contributed by atoms with Gasteiger partial charge in [-0.15, -0.1) is 0 Å². The summed E-state index contributed by atoms with van der Waals surface area (Å²) >= 11 is 0. The van der Waals surface area contributed by atoms with Crippen LogP contribution in [0.5, 0.6) is 0 Å². The maximum Gasteiger partial charge on any atom is 0.411 e. The Hall–Kier alpha value is -7.11. The zero-order valence-electron chi connectivity index (χ0n) is 40.9. The largest absolute Gasteiger partial charge is 0.438 e. The molecule has 408 valence electrons. The van der Waals surface area contributed by atoms with Crippen molar-refractivity contribution < 1.29 is 76.3 Å². The van der Waals surface area contributed by atoms with Gasteiger partial charge in [0.2, 0.25) is 0 Å². The molecule has 2 saturated heterocycles. The molecule has 2 heterocycles. The van der Waals surface area contributed by atoms with Gasteiger partial charge in [-0.25, -0.2) is 45.9 Å². The molecule has 2 fully saturated rings. The molecule has 0 aliphatic carbocycles. The van der Waals surface area contributed by atoms with Crippen LogP contribution in [0.15, 0.2) is 138 Å². The zero-order valence-corrected chi connectivity index (χ0v) is 43.3. The van der Waals surface area contributed by atoms with Gasteiger partial charge in [0.25, 0.3) is 6.08 Å². The van der Waals surface area contributed by atoms with Gasteiger partial charge in [-0.3, -0.25) is 4.18 Å². The van der Waals surface area contributed by atoms with E-state index in [0.29, 0.717) is 40.8 Å². The lowest BCUT2D eigenvalue weighted by molar-refractivity contribution is -0.0721. The Balaban J connectivity index is 0.000000223. The van der Waals surface area contributed by atoms with Crippen molar-refractivity contribution >= 4 is 48.5 Å². The van der Waals surface area contributed by atoms with Gasteiger partial charge >= 0.3 is 31.7 Å².